The van der Waals surface area contributed by atoms with Crippen LogP contribution < -0.4 is 9.64 Å². The Morgan fingerprint density at radius 1 is 1.18 bits per heavy atom. The fourth-order valence-corrected chi connectivity index (χ4v) is 3.12. The van der Waals surface area contributed by atoms with Crippen molar-refractivity contribution in [2.24, 2.45) is 5.41 Å². The molecule has 2 aliphatic heterocycles. The molecule has 4 rings (SSSR count). The number of ether oxygens (including phenoxy) is 2. The largest absolute Gasteiger partial charge is 0.473 e. The van der Waals surface area contributed by atoms with E-state index in [1.54, 1.807) is 0 Å². The lowest BCUT2D eigenvalue weighted by molar-refractivity contribution is -0.127. The molecule has 0 radical (unpaired) electrons. The standard InChI is InChI=1S/C18H20N2O2/c1-14-4-2-5-15(8-14)9-22-17-7-3-6-16(19-17)20-10-18(11-20)12-21-13-18/h2-8H,9-13H2,1H3. The van der Waals surface area contributed by atoms with Gasteiger partial charge in [0.25, 0.3) is 0 Å². The number of anilines is 1. The SMILES string of the molecule is Cc1cccc(COc2cccc(N3CC4(COC4)C3)n2)c1. The van der Waals surface area contributed by atoms with Crippen molar-refractivity contribution in [2.75, 3.05) is 31.2 Å². The number of pyridine rings is 1. The first-order valence-corrected chi connectivity index (χ1v) is 7.71. The minimum absolute atomic E-state index is 0.403. The van der Waals surface area contributed by atoms with Crippen molar-refractivity contribution in [3.8, 4) is 5.88 Å². The van der Waals surface area contributed by atoms with Crippen LogP contribution in [0.15, 0.2) is 42.5 Å². The molecule has 1 aromatic carbocycles. The lowest BCUT2D eigenvalue weighted by atomic mass is 9.78. The van der Waals surface area contributed by atoms with Gasteiger partial charge in [-0.25, -0.2) is 0 Å². The Bertz CT molecular complexity index is 674. The van der Waals surface area contributed by atoms with E-state index in [2.05, 4.69) is 41.1 Å². The molecule has 1 spiro atoms. The first-order chi connectivity index (χ1) is 10.7. The van der Waals surface area contributed by atoms with Crippen LogP contribution in [0.25, 0.3) is 0 Å². The summed E-state index contributed by atoms with van der Waals surface area (Å²) in [6, 6.07) is 14.3. The van der Waals surface area contributed by atoms with Gasteiger partial charge in [-0.1, -0.05) is 35.9 Å². The molecule has 0 bridgehead atoms. The summed E-state index contributed by atoms with van der Waals surface area (Å²) in [6.07, 6.45) is 0. The molecule has 4 nitrogen and oxygen atoms in total. The molecule has 0 amide bonds. The predicted octanol–water partition coefficient (Wildman–Crippen LogP) is 2.81. The number of hydrogen-bond donors (Lipinski definition) is 0. The summed E-state index contributed by atoms with van der Waals surface area (Å²) in [5, 5.41) is 0. The lowest BCUT2D eigenvalue weighted by Crippen LogP contribution is -2.66. The number of nitrogens with zero attached hydrogens (tertiary/aromatic N) is 2. The Labute approximate surface area is 130 Å². The number of rotatable bonds is 4. The van der Waals surface area contributed by atoms with Crippen LogP contribution in [0.1, 0.15) is 11.1 Å². The van der Waals surface area contributed by atoms with Gasteiger partial charge in [0.05, 0.1) is 18.6 Å². The maximum absolute atomic E-state index is 5.84. The van der Waals surface area contributed by atoms with E-state index in [0.717, 1.165) is 32.1 Å². The molecular weight excluding hydrogens is 276 g/mol. The van der Waals surface area contributed by atoms with Crippen molar-refractivity contribution in [2.45, 2.75) is 13.5 Å². The second-order valence-electron chi connectivity index (χ2n) is 6.46. The molecule has 2 aliphatic rings. The van der Waals surface area contributed by atoms with Crippen LogP contribution in [-0.2, 0) is 11.3 Å². The Morgan fingerprint density at radius 2 is 2.00 bits per heavy atom. The molecule has 4 heteroatoms. The van der Waals surface area contributed by atoms with E-state index in [1.807, 2.05) is 18.2 Å². The van der Waals surface area contributed by atoms with Gasteiger partial charge in [0.15, 0.2) is 0 Å². The van der Waals surface area contributed by atoms with E-state index in [0.29, 0.717) is 17.9 Å². The highest BCUT2D eigenvalue weighted by atomic mass is 16.5. The first-order valence-electron chi connectivity index (χ1n) is 7.71. The summed E-state index contributed by atoms with van der Waals surface area (Å²) in [5.41, 5.74) is 2.82. The molecule has 114 valence electrons. The van der Waals surface area contributed by atoms with Gasteiger partial charge in [0, 0.05) is 19.2 Å². The topological polar surface area (TPSA) is 34.6 Å². The lowest BCUT2D eigenvalue weighted by Gasteiger charge is -2.55. The van der Waals surface area contributed by atoms with Crippen molar-refractivity contribution < 1.29 is 9.47 Å². The van der Waals surface area contributed by atoms with Crippen LogP contribution in [0.2, 0.25) is 0 Å². The minimum atomic E-state index is 0.403. The molecule has 0 atom stereocenters. The van der Waals surface area contributed by atoms with Crippen molar-refractivity contribution in [1.29, 1.82) is 0 Å². The van der Waals surface area contributed by atoms with E-state index < -0.39 is 0 Å². The van der Waals surface area contributed by atoms with E-state index in [4.69, 9.17) is 9.47 Å². The number of benzene rings is 1. The van der Waals surface area contributed by atoms with E-state index in [9.17, 15) is 0 Å². The molecule has 2 saturated heterocycles. The maximum atomic E-state index is 5.84. The van der Waals surface area contributed by atoms with Crippen LogP contribution in [-0.4, -0.2) is 31.3 Å². The normalized spacial score (nSPS) is 18.7. The molecule has 3 heterocycles. The third-order valence-corrected chi connectivity index (χ3v) is 4.37. The number of aryl methyl sites for hydroxylation is 1. The summed E-state index contributed by atoms with van der Waals surface area (Å²) >= 11 is 0. The second-order valence-corrected chi connectivity index (χ2v) is 6.46. The van der Waals surface area contributed by atoms with E-state index in [-0.39, 0.29) is 0 Å². The monoisotopic (exact) mass is 296 g/mol. The maximum Gasteiger partial charge on any atom is 0.215 e. The molecule has 2 aromatic rings. The van der Waals surface area contributed by atoms with Gasteiger partial charge in [-0.3, -0.25) is 0 Å². The summed E-state index contributed by atoms with van der Waals surface area (Å²) in [6.45, 7) is 6.52. The van der Waals surface area contributed by atoms with Gasteiger partial charge < -0.3 is 14.4 Å². The summed E-state index contributed by atoms with van der Waals surface area (Å²) in [7, 11) is 0. The van der Waals surface area contributed by atoms with Crippen molar-refractivity contribution >= 4 is 5.82 Å². The average Bonchev–Trinajstić information content (AvgIpc) is 2.43. The van der Waals surface area contributed by atoms with Crippen LogP contribution in [0.3, 0.4) is 0 Å². The predicted molar refractivity (Wildman–Crippen MR) is 85.2 cm³/mol. The highest BCUT2D eigenvalue weighted by Crippen LogP contribution is 2.39. The van der Waals surface area contributed by atoms with E-state index in [1.165, 1.54) is 11.1 Å². The summed E-state index contributed by atoms with van der Waals surface area (Å²) in [5.74, 6) is 1.68. The molecule has 0 saturated carbocycles. The third kappa shape index (κ3) is 2.55. The second kappa shape index (κ2) is 5.29. The molecule has 0 unspecified atom stereocenters. The highest BCUT2D eigenvalue weighted by molar-refractivity contribution is 5.45. The van der Waals surface area contributed by atoms with Crippen LogP contribution in [0, 0.1) is 12.3 Å². The van der Waals surface area contributed by atoms with Crippen LogP contribution in [0.5, 0.6) is 5.88 Å². The van der Waals surface area contributed by atoms with Gasteiger partial charge in [0.1, 0.15) is 12.4 Å². The summed E-state index contributed by atoms with van der Waals surface area (Å²) < 4.78 is 11.1. The Morgan fingerprint density at radius 3 is 2.73 bits per heavy atom. The fourth-order valence-electron chi connectivity index (χ4n) is 3.12. The van der Waals surface area contributed by atoms with Gasteiger partial charge >= 0.3 is 0 Å². The fraction of sp³-hybridized carbons (Fsp3) is 0.389. The van der Waals surface area contributed by atoms with Gasteiger partial charge in [-0.15, -0.1) is 0 Å². The smallest absolute Gasteiger partial charge is 0.215 e. The molecule has 0 aliphatic carbocycles. The molecule has 1 aromatic heterocycles. The molecule has 2 fully saturated rings. The van der Waals surface area contributed by atoms with Crippen molar-refractivity contribution in [3.63, 3.8) is 0 Å². The highest BCUT2D eigenvalue weighted by Gasteiger charge is 2.49. The average molecular weight is 296 g/mol. The summed E-state index contributed by atoms with van der Waals surface area (Å²) in [4.78, 5) is 6.91. The number of hydrogen-bond acceptors (Lipinski definition) is 4. The quantitative estimate of drug-likeness (QED) is 0.869. The van der Waals surface area contributed by atoms with Crippen LogP contribution >= 0.6 is 0 Å². The van der Waals surface area contributed by atoms with Gasteiger partial charge in [0.2, 0.25) is 5.88 Å². The van der Waals surface area contributed by atoms with Crippen molar-refractivity contribution in [3.05, 3.63) is 53.6 Å². The third-order valence-electron chi connectivity index (χ3n) is 4.37. The first kappa shape index (κ1) is 13.6. The number of aromatic nitrogens is 1. The van der Waals surface area contributed by atoms with Crippen LogP contribution in [0.4, 0.5) is 5.82 Å². The Hall–Kier alpha value is -2.07. The zero-order valence-corrected chi connectivity index (χ0v) is 12.8. The zero-order chi connectivity index (χ0) is 15.0. The molecule has 0 N–H and O–H groups in total. The molecular formula is C18H20N2O2. The van der Waals surface area contributed by atoms with Gasteiger partial charge in [-0.05, 0) is 18.6 Å². The Balaban J connectivity index is 1.39. The Kier molecular flexibility index (Phi) is 3.26. The van der Waals surface area contributed by atoms with Crippen molar-refractivity contribution in [1.82, 2.24) is 4.98 Å². The van der Waals surface area contributed by atoms with E-state index >= 15 is 0 Å². The zero-order valence-electron chi connectivity index (χ0n) is 12.8. The van der Waals surface area contributed by atoms with Gasteiger partial charge in [-0.2, -0.15) is 4.98 Å². The minimum Gasteiger partial charge on any atom is -0.473 e. The molecule has 22 heavy (non-hydrogen) atoms.